The molecule has 0 aromatic carbocycles. The summed E-state index contributed by atoms with van der Waals surface area (Å²) < 4.78 is 5.23. The summed E-state index contributed by atoms with van der Waals surface area (Å²) in [6, 6.07) is 0. The van der Waals surface area contributed by atoms with Crippen molar-refractivity contribution in [2.24, 2.45) is 0 Å². The first-order chi connectivity index (χ1) is 10.0. The highest BCUT2D eigenvalue weighted by Crippen LogP contribution is 1.99. The van der Waals surface area contributed by atoms with Gasteiger partial charge in [-0.2, -0.15) is 0 Å². The second-order valence-electron chi connectivity index (χ2n) is 5.54. The van der Waals surface area contributed by atoms with Gasteiger partial charge in [-0.05, 0) is 12.8 Å². The van der Waals surface area contributed by atoms with E-state index < -0.39 is 0 Å². The minimum Gasteiger partial charge on any atom is -0.362 e. The monoisotopic (exact) mass is 300 g/mol. The van der Waals surface area contributed by atoms with Gasteiger partial charge in [-0.15, -0.1) is 0 Å². The summed E-state index contributed by atoms with van der Waals surface area (Å²) in [5, 5.41) is 0. The zero-order chi connectivity index (χ0) is 16.1. The molecule has 0 aromatic heterocycles. The molecule has 0 aliphatic heterocycles. The third-order valence-corrected chi connectivity index (χ3v) is 3.50. The molecule has 124 valence electrons. The van der Waals surface area contributed by atoms with E-state index >= 15 is 0 Å². The summed E-state index contributed by atoms with van der Waals surface area (Å²) in [4.78, 5) is 26.9. The zero-order valence-corrected chi connectivity index (χ0v) is 14.2. The van der Waals surface area contributed by atoms with Crippen LogP contribution in [0.1, 0.15) is 52.4 Å². The standard InChI is InChI=1S/C16H32N2O3/c1-5-7-9-11-17(3)15(19)13-21-14-16(20)18(4)12-10-8-6-2/h5-14H2,1-4H3. The highest BCUT2D eigenvalue weighted by atomic mass is 16.5. The van der Waals surface area contributed by atoms with Crippen molar-refractivity contribution in [2.75, 3.05) is 40.4 Å². The van der Waals surface area contributed by atoms with Gasteiger partial charge in [0, 0.05) is 27.2 Å². The fraction of sp³-hybridized carbons (Fsp3) is 0.875. The molecule has 0 saturated heterocycles. The molecule has 5 nitrogen and oxygen atoms in total. The number of hydrogen-bond acceptors (Lipinski definition) is 3. The fourth-order valence-electron chi connectivity index (χ4n) is 1.89. The van der Waals surface area contributed by atoms with Crippen molar-refractivity contribution >= 4 is 11.8 Å². The van der Waals surface area contributed by atoms with Crippen LogP contribution in [0.25, 0.3) is 0 Å². The fourth-order valence-corrected chi connectivity index (χ4v) is 1.89. The SMILES string of the molecule is CCCCCN(C)C(=O)COCC(=O)N(C)CCCCC. The second kappa shape index (κ2) is 12.6. The van der Waals surface area contributed by atoms with E-state index in [1.807, 2.05) is 0 Å². The van der Waals surface area contributed by atoms with Crippen LogP contribution in [0.3, 0.4) is 0 Å². The lowest BCUT2D eigenvalue weighted by Crippen LogP contribution is -2.35. The average Bonchev–Trinajstić information content (AvgIpc) is 2.47. The van der Waals surface area contributed by atoms with Crippen LogP contribution >= 0.6 is 0 Å². The number of ether oxygens (including phenoxy) is 1. The van der Waals surface area contributed by atoms with Gasteiger partial charge in [0.15, 0.2) is 0 Å². The lowest BCUT2D eigenvalue weighted by molar-refractivity contribution is -0.140. The Morgan fingerprint density at radius 2 is 1.14 bits per heavy atom. The molecule has 0 radical (unpaired) electrons. The Balaban J connectivity index is 3.75. The molecule has 0 heterocycles. The summed E-state index contributed by atoms with van der Waals surface area (Å²) in [6.07, 6.45) is 6.55. The van der Waals surface area contributed by atoms with Crippen LogP contribution in [0, 0.1) is 0 Å². The van der Waals surface area contributed by atoms with Gasteiger partial charge < -0.3 is 14.5 Å². The number of nitrogens with zero attached hydrogens (tertiary/aromatic N) is 2. The van der Waals surface area contributed by atoms with Crippen LogP contribution in [0.15, 0.2) is 0 Å². The highest BCUT2D eigenvalue weighted by Gasteiger charge is 2.12. The molecule has 0 aromatic rings. The Morgan fingerprint density at radius 3 is 1.48 bits per heavy atom. The molecule has 0 spiro atoms. The van der Waals surface area contributed by atoms with Gasteiger partial charge >= 0.3 is 0 Å². The molecular formula is C16H32N2O3. The van der Waals surface area contributed by atoms with Gasteiger partial charge in [-0.1, -0.05) is 39.5 Å². The molecule has 0 rings (SSSR count). The quantitative estimate of drug-likeness (QED) is 0.520. The molecule has 0 fully saturated rings. The number of carbonyl (C=O) groups is 2. The molecule has 0 saturated carbocycles. The van der Waals surface area contributed by atoms with E-state index in [0.29, 0.717) is 0 Å². The first kappa shape index (κ1) is 19.9. The van der Waals surface area contributed by atoms with Crippen LogP contribution in [0.5, 0.6) is 0 Å². The molecule has 0 unspecified atom stereocenters. The molecule has 0 bridgehead atoms. The summed E-state index contributed by atoms with van der Waals surface area (Å²) in [5.74, 6) is -0.125. The molecule has 5 heteroatoms. The maximum absolute atomic E-state index is 11.8. The first-order valence-corrected chi connectivity index (χ1v) is 8.08. The number of rotatable bonds is 12. The maximum atomic E-state index is 11.8. The lowest BCUT2D eigenvalue weighted by Gasteiger charge is -2.19. The van der Waals surface area contributed by atoms with Gasteiger partial charge in [-0.3, -0.25) is 9.59 Å². The maximum Gasteiger partial charge on any atom is 0.248 e. The number of amides is 2. The third-order valence-electron chi connectivity index (χ3n) is 3.50. The van der Waals surface area contributed by atoms with Gasteiger partial charge in [0.2, 0.25) is 11.8 Å². The summed E-state index contributed by atoms with van der Waals surface area (Å²) in [5.41, 5.74) is 0. The van der Waals surface area contributed by atoms with E-state index in [1.54, 1.807) is 23.9 Å². The normalized spacial score (nSPS) is 10.5. The van der Waals surface area contributed by atoms with Crippen LogP contribution in [-0.2, 0) is 14.3 Å². The molecule has 2 amide bonds. The summed E-state index contributed by atoms with van der Waals surface area (Å²) in [6.45, 7) is 5.73. The average molecular weight is 300 g/mol. The van der Waals surface area contributed by atoms with Crippen molar-refractivity contribution in [1.82, 2.24) is 9.80 Å². The number of unbranched alkanes of at least 4 members (excludes halogenated alkanes) is 4. The molecule has 0 atom stereocenters. The number of likely N-dealkylation sites (N-methyl/N-ethyl adjacent to an activating group) is 2. The van der Waals surface area contributed by atoms with E-state index in [-0.39, 0.29) is 25.0 Å². The Morgan fingerprint density at radius 1 is 0.762 bits per heavy atom. The summed E-state index contributed by atoms with van der Waals surface area (Å²) in [7, 11) is 3.56. The zero-order valence-electron chi connectivity index (χ0n) is 14.2. The molecule has 0 N–H and O–H groups in total. The molecular weight excluding hydrogens is 268 g/mol. The van der Waals surface area contributed by atoms with E-state index in [0.717, 1.165) is 51.6 Å². The van der Waals surface area contributed by atoms with Crippen molar-refractivity contribution in [3.8, 4) is 0 Å². The van der Waals surface area contributed by atoms with Crippen molar-refractivity contribution in [1.29, 1.82) is 0 Å². The Hall–Kier alpha value is -1.10. The lowest BCUT2D eigenvalue weighted by atomic mass is 10.2. The van der Waals surface area contributed by atoms with E-state index in [4.69, 9.17) is 4.74 Å². The second-order valence-corrected chi connectivity index (χ2v) is 5.54. The van der Waals surface area contributed by atoms with E-state index in [9.17, 15) is 9.59 Å². The van der Waals surface area contributed by atoms with Crippen molar-refractivity contribution in [3.63, 3.8) is 0 Å². The summed E-state index contributed by atoms with van der Waals surface area (Å²) >= 11 is 0. The Bertz CT molecular complexity index is 267. The van der Waals surface area contributed by atoms with E-state index in [1.165, 1.54) is 0 Å². The third kappa shape index (κ3) is 10.3. The first-order valence-electron chi connectivity index (χ1n) is 8.08. The number of hydrogen-bond donors (Lipinski definition) is 0. The topological polar surface area (TPSA) is 49.9 Å². The van der Waals surface area contributed by atoms with Crippen LogP contribution in [0.2, 0.25) is 0 Å². The largest absolute Gasteiger partial charge is 0.362 e. The van der Waals surface area contributed by atoms with Crippen LogP contribution in [0.4, 0.5) is 0 Å². The van der Waals surface area contributed by atoms with E-state index in [2.05, 4.69) is 13.8 Å². The van der Waals surface area contributed by atoms with Crippen molar-refractivity contribution < 1.29 is 14.3 Å². The van der Waals surface area contributed by atoms with Gasteiger partial charge in [-0.25, -0.2) is 0 Å². The minimum atomic E-state index is -0.0625. The predicted octanol–water partition coefficient (Wildman–Crippen LogP) is 2.30. The van der Waals surface area contributed by atoms with Crippen molar-refractivity contribution in [2.45, 2.75) is 52.4 Å². The number of carbonyl (C=O) groups excluding carboxylic acids is 2. The van der Waals surface area contributed by atoms with Crippen LogP contribution in [-0.4, -0.2) is 62.0 Å². The smallest absolute Gasteiger partial charge is 0.248 e. The van der Waals surface area contributed by atoms with Gasteiger partial charge in [0.25, 0.3) is 0 Å². The van der Waals surface area contributed by atoms with Gasteiger partial charge in [0.05, 0.1) is 0 Å². The van der Waals surface area contributed by atoms with Gasteiger partial charge in [0.1, 0.15) is 13.2 Å². The highest BCUT2D eigenvalue weighted by molar-refractivity contribution is 5.79. The minimum absolute atomic E-state index is 0.0167. The molecule has 0 aliphatic rings. The van der Waals surface area contributed by atoms with Crippen LogP contribution < -0.4 is 0 Å². The predicted molar refractivity (Wildman–Crippen MR) is 85.1 cm³/mol. The molecule has 21 heavy (non-hydrogen) atoms. The Kier molecular flexibility index (Phi) is 12.0. The molecule has 0 aliphatic carbocycles. The van der Waals surface area contributed by atoms with Crippen molar-refractivity contribution in [3.05, 3.63) is 0 Å². The Labute approximate surface area is 129 Å².